The van der Waals surface area contributed by atoms with Crippen molar-refractivity contribution in [1.82, 2.24) is 10.6 Å². The monoisotopic (exact) mass is 279 g/mol. The second-order valence-electron chi connectivity index (χ2n) is 4.27. The fourth-order valence-corrected chi connectivity index (χ4v) is 1.53. The van der Waals surface area contributed by atoms with Crippen LogP contribution in [0.1, 0.15) is 22.8 Å². The summed E-state index contributed by atoms with van der Waals surface area (Å²) in [6, 6.07) is 3.14. The van der Waals surface area contributed by atoms with E-state index in [0.717, 1.165) is 5.56 Å². The molecule has 1 rings (SSSR count). The molecule has 0 saturated heterocycles. The van der Waals surface area contributed by atoms with E-state index in [-0.39, 0.29) is 11.5 Å². The Kier molecular flexibility index (Phi) is 5.08. The summed E-state index contributed by atoms with van der Waals surface area (Å²) in [5.41, 5.74) is 1.18. The first-order valence-electron chi connectivity index (χ1n) is 5.98. The third-order valence-electron chi connectivity index (χ3n) is 2.72. The van der Waals surface area contributed by atoms with E-state index in [0.29, 0.717) is 5.69 Å². The Morgan fingerprint density at radius 1 is 1.25 bits per heavy atom. The average Bonchev–Trinajstić information content (AvgIpc) is 2.39. The smallest absolute Gasteiger partial charge is 0.335 e. The Hall–Kier alpha value is -2.57. The zero-order chi connectivity index (χ0) is 15.3. The van der Waals surface area contributed by atoms with Gasteiger partial charge < -0.3 is 21.1 Å². The van der Waals surface area contributed by atoms with Crippen LogP contribution >= 0.6 is 0 Å². The molecule has 0 fully saturated rings. The Balaban J connectivity index is 2.77. The number of nitrogens with one attached hydrogen (secondary N) is 3. The van der Waals surface area contributed by atoms with E-state index in [1.165, 1.54) is 19.2 Å². The Morgan fingerprint density at radius 3 is 2.45 bits per heavy atom. The van der Waals surface area contributed by atoms with Crippen LogP contribution in [0.5, 0.6) is 0 Å². The van der Waals surface area contributed by atoms with Gasteiger partial charge in [0.1, 0.15) is 6.04 Å². The topological polar surface area (TPSA) is 108 Å². The summed E-state index contributed by atoms with van der Waals surface area (Å²) < 4.78 is 0. The van der Waals surface area contributed by atoms with Crippen molar-refractivity contribution >= 4 is 23.6 Å². The largest absolute Gasteiger partial charge is 0.478 e. The number of carboxylic acid groups (broad SMARTS) is 1. The minimum absolute atomic E-state index is 0.0743. The molecule has 108 valence electrons. The SMILES string of the molecule is CNC(=O)C(C)NC(=O)Nc1cc(C(=O)O)ccc1C. The summed E-state index contributed by atoms with van der Waals surface area (Å²) in [5.74, 6) is -1.40. The molecular formula is C13H17N3O4. The lowest BCUT2D eigenvalue weighted by atomic mass is 10.1. The van der Waals surface area contributed by atoms with E-state index in [1.54, 1.807) is 19.9 Å². The van der Waals surface area contributed by atoms with Gasteiger partial charge >= 0.3 is 12.0 Å². The van der Waals surface area contributed by atoms with Crippen molar-refractivity contribution in [2.75, 3.05) is 12.4 Å². The normalized spacial score (nSPS) is 11.3. The van der Waals surface area contributed by atoms with Crippen LogP contribution in [-0.2, 0) is 4.79 Å². The molecule has 4 N–H and O–H groups in total. The van der Waals surface area contributed by atoms with Gasteiger partial charge in [-0.05, 0) is 31.5 Å². The molecule has 0 saturated carbocycles. The van der Waals surface area contributed by atoms with Crippen LogP contribution in [0.2, 0.25) is 0 Å². The number of anilines is 1. The van der Waals surface area contributed by atoms with Crippen LogP contribution in [0.25, 0.3) is 0 Å². The van der Waals surface area contributed by atoms with Crippen LogP contribution in [-0.4, -0.2) is 36.1 Å². The molecule has 0 spiro atoms. The minimum Gasteiger partial charge on any atom is -0.478 e. The first-order chi connectivity index (χ1) is 9.35. The molecule has 0 bridgehead atoms. The molecule has 20 heavy (non-hydrogen) atoms. The molecule has 7 nitrogen and oxygen atoms in total. The zero-order valence-electron chi connectivity index (χ0n) is 11.5. The average molecular weight is 279 g/mol. The van der Waals surface area contributed by atoms with E-state index in [2.05, 4.69) is 16.0 Å². The maximum Gasteiger partial charge on any atom is 0.335 e. The predicted octanol–water partition coefficient (Wildman–Crippen LogP) is 0.949. The molecule has 1 atom stereocenters. The van der Waals surface area contributed by atoms with Crippen LogP contribution in [0.15, 0.2) is 18.2 Å². The van der Waals surface area contributed by atoms with Gasteiger partial charge in [0.25, 0.3) is 0 Å². The van der Waals surface area contributed by atoms with Crippen molar-refractivity contribution in [2.24, 2.45) is 0 Å². The van der Waals surface area contributed by atoms with Crippen LogP contribution < -0.4 is 16.0 Å². The zero-order valence-corrected chi connectivity index (χ0v) is 11.5. The highest BCUT2D eigenvalue weighted by molar-refractivity contribution is 5.96. The highest BCUT2D eigenvalue weighted by Gasteiger charge is 2.15. The van der Waals surface area contributed by atoms with Gasteiger partial charge in [0.2, 0.25) is 5.91 Å². The van der Waals surface area contributed by atoms with Crippen molar-refractivity contribution in [3.63, 3.8) is 0 Å². The number of aryl methyl sites for hydroxylation is 1. The van der Waals surface area contributed by atoms with Gasteiger partial charge in [0.15, 0.2) is 0 Å². The first-order valence-corrected chi connectivity index (χ1v) is 5.98. The number of hydrogen-bond acceptors (Lipinski definition) is 3. The number of urea groups is 1. The number of hydrogen-bond donors (Lipinski definition) is 4. The third kappa shape index (κ3) is 3.98. The lowest BCUT2D eigenvalue weighted by Gasteiger charge is -2.14. The number of aromatic carboxylic acids is 1. The van der Waals surface area contributed by atoms with E-state index >= 15 is 0 Å². The van der Waals surface area contributed by atoms with Gasteiger partial charge in [-0.25, -0.2) is 9.59 Å². The molecule has 0 aromatic heterocycles. The molecule has 0 radical (unpaired) electrons. The third-order valence-corrected chi connectivity index (χ3v) is 2.72. The number of carbonyl (C=O) groups excluding carboxylic acids is 2. The minimum atomic E-state index is -1.08. The highest BCUT2D eigenvalue weighted by Crippen LogP contribution is 2.16. The second-order valence-corrected chi connectivity index (χ2v) is 4.27. The molecule has 3 amide bonds. The Labute approximate surface area is 116 Å². The second kappa shape index (κ2) is 6.55. The fraction of sp³-hybridized carbons (Fsp3) is 0.308. The number of amides is 3. The number of rotatable bonds is 4. The van der Waals surface area contributed by atoms with Crippen molar-refractivity contribution in [1.29, 1.82) is 0 Å². The van der Waals surface area contributed by atoms with Crippen LogP contribution in [0.4, 0.5) is 10.5 Å². The van der Waals surface area contributed by atoms with E-state index in [1.807, 2.05) is 0 Å². The molecule has 0 heterocycles. The van der Waals surface area contributed by atoms with E-state index in [4.69, 9.17) is 5.11 Å². The van der Waals surface area contributed by atoms with Crippen molar-refractivity contribution in [2.45, 2.75) is 19.9 Å². The number of carbonyl (C=O) groups is 3. The standard InChI is InChI=1S/C13H17N3O4/c1-7-4-5-9(12(18)19)6-10(7)16-13(20)15-8(2)11(17)14-3/h4-6,8H,1-3H3,(H,14,17)(H,18,19)(H2,15,16,20). The molecule has 1 aromatic rings. The maximum absolute atomic E-state index is 11.7. The molecule has 1 unspecified atom stereocenters. The summed E-state index contributed by atoms with van der Waals surface area (Å²) in [4.78, 5) is 33.9. The van der Waals surface area contributed by atoms with Gasteiger partial charge in [0.05, 0.1) is 5.56 Å². The summed E-state index contributed by atoms with van der Waals surface area (Å²) in [6.07, 6.45) is 0. The highest BCUT2D eigenvalue weighted by atomic mass is 16.4. The quantitative estimate of drug-likeness (QED) is 0.658. The van der Waals surface area contributed by atoms with Crippen LogP contribution in [0, 0.1) is 6.92 Å². The number of likely N-dealkylation sites (N-methyl/N-ethyl adjacent to an activating group) is 1. The van der Waals surface area contributed by atoms with Gasteiger partial charge in [-0.3, -0.25) is 4.79 Å². The lowest BCUT2D eigenvalue weighted by molar-refractivity contribution is -0.122. The summed E-state index contributed by atoms with van der Waals surface area (Å²) in [7, 11) is 1.47. The van der Waals surface area contributed by atoms with Crippen LogP contribution in [0.3, 0.4) is 0 Å². The molecule has 0 aliphatic rings. The van der Waals surface area contributed by atoms with Crippen molar-refractivity contribution < 1.29 is 19.5 Å². The summed E-state index contributed by atoms with van der Waals surface area (Å²) in [5, 5.41) is 16.3. The van der Waals surface area contributed by atoms with E-state index < -0.39 is 18.0 Å². The lowest BCUT2D eigenvalue weighted by Crippen LogP contribution is -2.45. The molecule has 1 aromatic carbocycles. The Bertz CT molecular complexity index is 542. The molecule has 0 aliphatic carbocycles. The fourth-order valence-electron chi connectivity index (χ4n) is 1.53. The molecule has 0 aliphatic heterocycles. The van der Waals surface area contributed by atoms with E-state index in [9.17, 15) is 14.4 Å². The van der Waals surface area contributed by atoms with Crippen molar-refractivity contribution in [3.8, 4) is 0 Å². The van der Waals surface area contributed by atoms with Crippen molar-refractivity contribution in [3.05, 3.63) is 29.3 Å². The summed E-state index contributed by atoms with van der Waals surface area (Å²) >= 11 is 0. The van der Waals surface area contributed by atoms with Gasteiger partial charge in [0, 0.05) is 12.7 Å². The first kappa shape index (κ1) is 15.5. The number of benzene rings is 1. The molecular weight excluding hydrogens is 262 g/mol. The predicted molar refractivity (Wildman–Crippen MR) is 73.8 cm³/mol. The molecule has 7 heteroatoms. The summed E-state index contributed by atoms with van der Waals surface area (Å²) in [6.45, 7) is 3.28. The maximum atomic E-state index is 11.7. The van der Waals surface area contributed by atoms with Gasteiger partial charge in [-0.1, -0.05) is 6.07 Å². The van der Waals surface area contributed by atoms with Gasteiger partial charge in [-0.15, -0.1) is 0 Å². The van der Waals surface area contributed by atoms with Gasteiger partial charge in [-0.2, -0.15) is 0 Å². The number of carboxylic acids is 1. The Morgan fingerprint density at radius 2 is 1.90 bits per heavy atom.